The molecule has 0 heterocycles. The fourth-order valence-electron chi connectivity index (χ4n) is 1.58. The van der Waals surface area contributed by atoms with E-state index in [0.29, 0.717) is 26.4 Å². The molecule has 2 aromatic carbocycles. The van der Waals surface area contributed by atoms with Crippen LogP contribution in [0.15, 0.2) is 36.4 Å². The minimum atomic E-state index is -0.871. The van der Waals surface area contributed by atoms with Crippen LogP contribution in [0.2, 0.25) is 20.1 Å². The molecule has 0 saturated heterocycles. The smallest absolute Gasteiger partial charge is 0.314 e. The minimum Gasteiger partial charge on any atom is -0.318 e. The van der Waals surface area contributed by atoms with E-state index in [-0.39, 0.29) is 5.02 Å². The molecule has 0 aliphatic heterocycles. The first-order chi connectivity index (χ1) is 10.3. The number of hydrogen-bond acceptors (Lipinski definition) is 2. The van der Waals surface area contributed by atoms with Gasteiger partial charge in [0.25, 0.3) is 0 Å². The second kappa shape index (κ2) is 7.20. The SMILES string of the molecule is O=C(Nc1cc(Cl)cc(Cl)c1)C(=O)Nc1ccc(Cl)c(Cl)c1. The fourth-order valence-corrected chi connectivity index (χ4v) is 2.40. The molecule has 114 valence electrons. The molecule has 2 aromatic rings. The molecule has 0 saturated carbocycles. The Balaban J connectivity index is 2.05. The molecular formula is C14H8Cl4N2O2. The summed E-state index contributed by atoms with van der Waals surface area (Å²) in [7, 11) is 0. The van der Waals surface area contributed by atoms with Gasteiger partial charge in [0.15, 0.2) is 0 Å². The lowest BCUT2D eigenvalue weighted by Crippen LogP contribution is -2.29. The van der Waals surface area contributed by atoms with Crippen molar-refractivity contribution in [2.24, 2.45) is 0 Å². The number of rotatable bonds is 2. The topological polar surface area (TPSA) is 58.2 Å². The van der Waals surface area contributed by atoms with E-state index in [2.05, 4.69) is 10.6 Å². The zero-order valence-corrected chi connectivity index (χ0v) is 13.8. The van der Waals surface area contributed by atoms with Gasteiger partial charge in [-0.1, -0.05) is 46.4 Å². The van der Waals surface area contributed by atoms with Crippen molar-refractivity contribution in [1.29, 1.82) is 0 Å². The quantitative estimate of drug-likeness (QED) is 0.733. The molecule has 0 atom stereocenters. The number of hydrogen-bond donors (Lipinski definition) is 2. The Labute approximate surface area is 146 Å². The molecule has 22 heavy (non-hydrogen) atoms. The summed E-state index contributed by atoms with van der Waals surface area (Å²) in [6, 6.07) is 8.92. The van der Waals surface area contributed by atoms with Gasteiger partial charge in [-0.25, -0.2) is 0 Å². The van der Waals surface area contributed by atoms with E-state index in [0.717, 1.165) is 0 Å². The van der Waals surface area contributed by atoms with Crippen molar-refractivity contribution in [3.05, 3.63) is 56.5 Å². The summed E-state index contributed by atoms with van der Waals surface area (Å²) in [6.07, 6.45) is 0. The Bertz CT molecular complexity index is 729. The maximum Gasteiger partial charge on any atom is 0.314 e. The van der Waals surface area contributed by atoms with Crippen LogP contribution in [0.1, 0.15) is 0 Å². The second-order valence-electron chi connectivity index (χ2n) is 4.20. The Kier molecular flexibility index (Phi) is 5.53. The molecule has 0 fully saturated rings. The van der Waals surface area contributed by atoms with Gasteiger partial charge in [-0.05, 0) is 36.4 Å². The van der Waals surface area contributed by atoms with Crippen LogP contribution in [0.5, 0.6) is 0 Å². The Morgan fingerprint density at radius 2 is 1.23 bits per heavy atom. The van der Waals surface area contributed by atoms with E-state index in [1.807, 2.05) is 0 Å². The van der Waals surface area contributed by atoms with Gasteiger partial charge >= 0.3 is 11.8 Å². The summed E-state index contributed by atoms with van der Waals surface area (Å²) in [4.78, 5) is 23.6. The van der Waals surface area contributed by atoms with Crippen LogP contribution in [0.3, 0.4) is 0 Å². The van der Waals surface area contributed by atoms with E-state index < -0.39 is 11.8 Å². The monoisotopic (exact) mass is 376 g/mol. The van der Waals surface area contributed by atoms with Crippen molar-refractivity contribution in [2.75, 3.05) is 10.6 Å². The summed E-state index contributed by atoms with van der Waals surface area (Å²) in [5.74, 6) is -1.74. The van der Waals surface area contributed by atoms with E-state index >= 15 is 0 Å². The van der Waals surface area contributed by atoms with Crippen molar-refractivity contribution in [1.82, 2.24) is 0 Å². The molecule has 0 spiro atoms. The Morgan fingerprint density at radius 1 is 0.682 bits per heavy atom. The zero-order valence-electron chi connectivity index (χ0n) is 10.8. The van der Waals surface area contributed by atoms with Crippen LogP contribution in [-0.4, -0.2) is 11.8 Å². The van der Waals surface area contributed by atoms with Crippen molar-refractivity contribution >= 4 is 69.6 Å². The maximum absolute atomic E-state index is 11.8. The third-order valence-corrected chi connectivity index (χ3v) is 3.68. The van der Waals surface area contributed by atoms with E-state index in [1.54, 1.807) is 0 Å². The number of amides is 2. The largest absolute Gasteiger partial charge is 0.318 e. The Morgan fingerprint density at radius 3 is 1.77 bits per heavy atom. The molecule has 8 heteroatoms. The molecule has 0 unspecified atom stereocenters. The predicted molar refractivity (Wildman–Crippen MR) is 90.2 cm³/mol. The van der Waals surface area contributed by atoms with E-state index in [9.17, 15) is 9.59 Å². The molecule has 2 amide bonds. The predicted octanol–water partition coefficient (Wildman–Crippen LogP) is 4.88. The van der Waals surface area contributed by atoms with Crippen LogP contribution in [-0.2, 0) is 9.59 Å². The normalized spacial score (nSPS) is 10.2. The van der Waals surface area contributed by atoms with Crippen molar-refractivity contribution in [3.8, 4) is 0 Å². The van der Waals surface area contributed by atoms with Gasteiger partial charge in [0.05, 0.1) is 10.0 Å². The molecule has 0 aliphatic rings. The van der Waals surface area contributed by atoms with Crippen molar-refractivity contribution in [3.63, 3.8) is 0 Å². The molecule has 0 aromatic heterocycles. The van der Waals surface area contributed by atoms with Gasteiger partial charge in [0.1, 0.15) is 0 Å². The van der Waals surface area contributed by atoms with Crippen LogP contribution in [0.25, 0.3) is 0 Å². The summed E-state index contributed by atoms with van der Waals surface area (Å²) >= 11 is 23.2. The average Bonchev–Trinajstić information content (AvgIpc) is 2.41. The first-order valence-electron chi connectivity index (χ1n) is 5.88. The highest BCUT2D eigenvalue weighted by Crippen LogP contribution is 2.25. The molecular weight excluding hydrogens is 370 g/mol. The number of halogens is 4. The molecule has 4 nitrogen and oxygen atoms in total. The fraction of sp³-hybridized carbons (Fsp3) is 0. The van der Waals surface area contributed by atoms with Crippen LogP contribution >= 0.6 is 46.4 Å². The lowest BCUT2D eigenvalue weighted by molar-refractivity contribution is -0.132. The first kappa shape index (κ1) is 16.9. The average molecular weight is 378 g/mol. The van der Waals surface area contributed by atoms with Crippen LogP contribution in [0.4, 0.5) is 11.4 Å². The summed E-state index contributed by atoms with van der Waals surface area (Å²) in [5.41, 5.74) is 0.658. The highest BCUT2D eigenvalue weighted by atomic mass is 35.5. The van der Waals surface area contributed by atoms with Crippen molar-refractivity contribution < 1.29 is 9.59 Å². The molecule has 0 bridgehead atoms. The van der Waals surface area contributed by atoms with Gasteiger partial charge < -0.3 is 10.6 Å². The number of anilines is 2. The van der Waals surface area contributed by atoms with Gasteiger partial charge in [-0.15, -0.1) is 0 Å². The number of nitrogens with one attached hydrogen (secondary N) is 2. The third kappa shape index (κ3) is 4.52. The number of carbonyl (C=O) groups excluding carboxylic acids is 2. The number of carbonyl (C=O) groups is 2. The summed E-state index contributed by atoms with van der Waals surface area (Å²) in [6.45, 7) is 0. The zero-order chi connectivity index (χ0) is 16.3. The standard InChI is InChI=1S/C14H8Cl4N2O2/c15-7-3-8(16)5-10(4-7)20-14(22)13(21)19-9-1-2-11(17)12(18)6-9/h1-6H,(H,19,21)(H,20,22). The van der Waals surface area contributed by atoms with Gasteiger partial charge in [-0.3, -0.25) is 9.59 Å². The van der Waals surface area contributed by atoms with E-state index in [4.69, 9.17) is 46.4 Å². The highest BCUT2D eigenvalue weighted by Gasteiger charge is 2.15. The van der Waals surface area contributed by atoms with E-state index in [1.165, 1.54) is 36.4 Å². The third-order valence-electron chi connectivity index (χ3n) is 2.50. The lowest BCUT2D eigenvalue weighted by Gasteiger charge is -2.08. The summed E-state index contributed by atoms with van der Waals surface area (Å²) < 4.78 is 0. The lowest BCUT2D eigenvalue weighted by atomic mass is 10.3. The molecule has 0 aliphatic carbocycles. The van der Waals surface area contributed by atoms with Crippen LogP contribution in [0, 0.1) is 0 Å². The molecule has 2 N–H and O–H groups in total. The van der Waals surface area contributed by atoms with Gasteiger partial charge in [0.2, 0.25) is 0 Å². The molecule has 0 radical (unpaired) electrons. The summed E-state index contributed by atoms with van der Waals surface area (Å²) in [5, 5.41) is 6.08. The second-order valence-corrected chi connectivity index (χ2v) is 5.88. The first-order valence-corrected chi connectivity index (χ1v) is 7.40. The minimum absolute atomic E-state index is 0.265. The van der Waals surface area contributed by atoms with Crippen LogP contribution < -0.4 is 10.6 Å². The Hall–Kier alpha value is -1.46. The molecule has 2 rings (SSSR count). The van der Waals surface area contributed by atoms with Crippen molar-refractivity contribution in [2.45, 2.75) is 0 Å². The maximum atomic E-state index is 11.8. The van der Waals surface area contributed by atoms with Gasteiger partial charge in [0, 0.05) is 21.4 Å². The number of benzene rings is 2. The van der Waals surface area contributed by atoms with Gasteiger partial charge in [-0.2, -0.15) is 0 Å². The highest BCUT2D eigenvalue weighted by molar-refractivity contribution is 6.45.